The molecule has 0 aliphatic carbocycles. The van der Waals surface area contributed by atoms with E-state index in [1.54, 1.807) is 20.8 Å². The molecular weight excluding hydrogens is 278 g/mol. The number of hydrogen-bond donors (Lipinski definition) is 1. The highest BCUT2D eigenvalue weighted by atomic mass is 35.5. The molecule has 7 heteroatoms. The third kappa shape index (κ3) is 3.97. The predicted molar refractivity (Wildman–Crippen MR) is 68.0 cm³/mol. The number of carbonyl (C=O) groups excluding carboxylic acids is 1. The standard InChI is InChI=1S/C11H14ClNO4S/c1-11(2,3)17-10(14)8-6-7(12)4-5-9(8)18(13,15)16/h4-6H,1-3H3,(H2,13,15,16). The first-order valence-electron chi connectivity index (χ1n) is 5.06. The lowest BCUT2D eigenvalue weighted by Crippen LogP contribution is -2.26. The summed E-state index contributed by atoms with van der Waals surface area (Å²) in [6.45, 7) is 5.02. The second-order valence-electron chi connectivity index (χ2n) is 4.69. The minimum atomic E-state index is -4.01. The molecule has 0 saturated carbocycles. The molecule has 1 aromatic rings. The number of halogens is 1. The number of nitrogens with two attached hydrogens (primary N) is 1. The molecule has 0 aliphatic heterocycles. The van der Waals surface area contributed by atoms with Crippen LogP contribution in [0.25, 0.3) is 0 Å². The molecule has 5 nitrogen and oxygen atoms in total. The molecule has 0 aromatic heterocycles. The van der Waals surface area contributed by atoms with Gasteiger partial charge in [0.1, 0.15) is 5.60 Å². The fourth-order valence-corrected chi connectivity index (χ4v) is 2.12. The average Bonchev–Trinajstić information content (AvgIpc) is 2.12. The zero-order chi connectivity index (χ0) is 14.1. The number of sulfonamides is 1. The first-order chi connectivity index (χ1) is 8.00. The highest BCUT2D eigenvalue weighted by Crippen LogP contribution is 2.22. The van der Waals surface area contributed by atoms with Gasteiger partial charge in [-0.2, -0.15) is 0 Å². The van der Waals surface area contributed by atoms with E-state index in [4.69, 9.17) is 21.5 Å². The van der Waals surface area contributed by atoms with Crippen LogP contribution in [0.3, 0.4) is 0 Å². The highest BCUT2D eigenvalue weighted by Gasteiger charge is 2.24. The Labute approximate surface area is 111 Å². The maximum Gasteiger partial charge on any atom is 0.340 e. The first-order valence-corrected chi connectivity index (χ1v) is 6.99. The van der Waals surface area contributed by atoms with Crippen molar-refractivity contribution >= 4 is 27.6 Å². The lowest BCUT2D eigenvalue weighted by Gasteiger charge is -2.20. The van der Waals surface area contributed by atoms with Crippen molar-refractivity contribution in [3.05, 3.63) is 28.8 Å². The van der Waals surface area contributed by atoms with Gasteiger partial charge < -0.3 is 4.74 Å². The van der Waals surface area contributed by atoms with Gasteiger partial charge in [0.05, 0.1) is 10.5 Å². The molecule has 0 fully saturated rings. The summed E-state index contributed by atoms with van der Waals surface area (Å²) >= 11 is 5.74. The van der Waals surface area contributed by atoms with Crippen LogP contribution in [0.2, 0.25) is 5.02 Å². The molecule has 0 unspecified atom stereocenters. The Hall–Kier alpha value is -1.11. The van der Waals surface area contributed by atoms with Crippen LogP contribution in [-0.4, -0.2) is 20.0 Å². The van der Waals surface area contributed by atoms with E-state index in [0.717, 1.165) is 0 Å². The second-order valence-corrected chi connectivity index (χ2v) is 6.65. The predicted octanol–water partition coefficient (Wildman–Crippen LogP) is 1.94. The van der Waals surface area contributed by atoms with Gasteiger partial charge in [0, 0.05) is 5.02 Å². The van der Waals surface area contributed by atoms with E-state index in [1.807, 2.05) is 0 Å². The summed E-state index contributed by atoms with van der Waals surface area (Å²) in [5.74, 6) is -0.783. The van der Waals surface area contributed by atoms with Crippen LogP contribution in [0.4, 0.5) is 0 Å². The van der Waals surface area contributed by atoms with Crippen LogP contribution in [0.1, 0.15) is 31.1 Å². The van der Waals surface area contributed by atoms with Crippen LogP contribution in [0, 0.1) is 0 Å². The molecule has 0 spiro atoms. The number of ether oxygens (including phenoxy) is 1. The highest BCUT2D eigenvalue weighted by molar-refractivity contribution is 7.89. The largest absolute Gasteiger partial charge is 0.456 e. The van der Waals surface area contributed by atoms with Crippen molar-refractivity contribution in [2.45, 2.75) is 31.3 Å². The van der Waals surface area contributed by atoms with Crippen LogP contribution >= 0.6 is 11.6 Å². The Morgan fingerprint density at radius 2 is 1.89 bits per heavy atom. The van der Waals surface area contributed by atoms with Gasteiger partial charge in [0.2, 0.25) is 10.0 Å². The van der Waals surface area contributed by atoms with E-state index in [1.165, 1.54) is 18.2 Å². The lowest BCUT2D eigenvalue weighted by atomic mass is 10.1. The number of rotatable bonds is 2. The molecule has 1 rings (SSSR count). The Morgan fingerprint density at radius 3 is 2.33 bits per heavy atom. The van der Waals surface area contributed by atoms with Gasteiger partial charge in [-0.1, -0.05) is 11.6 Å². The van der Waals surface area contributed by atoms with Crippen molar-refractivity contribution in [2.24, 2.45) is 5.14 Å². The van der Waals surface area contributed by atoms with Crippen molar-refractivity contribution in [3.63, 3.8) is 0 Å². The second kappa shape index (κ2) is 4.87. The van der Waals surface area contributed by atoms with E-state index >= 15 is 0 Å². The maximum atomic E-state index is 11.9. The van der Waals surface area contributed by atoms with E-state index in [9.17, 15) is 13.2 Å². The van der Waals surface area contributed by atoms with Gasteiger partial charge >= 0.3 is 5.97 Å². The minimum Gasteiger partial charge on any atom is -0.456 e. The number of benzene rings is 1. The summed E-state index contributed by atoms with van der Waals surface area (Å²) in [5.41, 5.74) is -0.908. The third-order valence-electron chi connectivity index (χ3n) is 1.87. The molecule has 0 heterocycles. The lowest BCUT2D eigenvalue weighted by molar-refractivity contribution is 0.00651. The quantitative estimate of drug-likeness (QED) is 0.844. The Morgan fingerprint density at radius 1 is 1.33 bits per heavy atom. The van der Waals surface area contributed by atoms with E-state index in [0.29, 0.717) is 0 Å². The smallest absolute Gasteiger partial charge is 0.340 e. The topological polar surface area (TPSA) is 86.5 Å². The first kappa shape index (κ1) is 14.9. The molecule has 0 aliphatic rings. The Kier molecular flexibility index (Phi) is 4.05. The summed E-state index contributed by atoms with van der Waals surface area (Å²) in [4.78, 5) is 11.6. The van der Waals surface area contributed by atoms with Gasteiger partial charge in [-0.3, -0.25) is 0 Å². The number of carbonyl (C=O) groups is 1. The molecule has 18 heavy (non-hydrogen) atoms. The number of primary sulfonamides is 1. The third-order valence-corrected chi connectivity index (χ3v) is 3.07. The van der Waals surface area contributed by atoms with Crippen LogP contribution < -0.4 is 5.14 Å². The Bertz CT molecular complexity index is 575. The van der Waals surface area contributed by atoms with Gasteiger partial charge in [-0.25, -0.2) is 18.4 Å². The molecule has 0 atom stereocenters. The van der Waals surface area contributed by atoms with Crippen molar-refractivity contribution in [1.29, 1.82) is 0 Å². The van der Waals surface area contributed by atoms with Gasteiger partial charge in [0.25, 0.3) is 0 Å². The Balaban J connectivity index is 3.31. The van der Waals surface area contributed by atoms with Gasteiger partial charge in [0.15, 0.2) is 0 Å². The van der Waals surface area contributed by atoms with Crippen molar-refractivity contribution in [3.8, 4) is 0 Å². The average molecular weight is 292 g/mol. The van der Waals surface area contributed by atoms with E-state index < -0.39 is 21.6 Å². The fraction of sp³-hybridized carbons (Fsp3) is 0.364. The van der Waals surface area contributed by atoms with Crippen molar-refractivity contribution < 1.29 is 17.9 Å². The maximum absolute atomic E-state index is 11.9. The van der Waals surface area contributed by atoms with Crippen LogP contribution in [0.5, 0.6) is 0 Å². The molecule has 0 saturated heterocycles. The normalized spacial score (nSPS) is 12.3. The number of hydrogen-bond acceptors (Lipinski definition) is 4. The van der Waals surface area contributed by atoms with Crippen molar-refractivity contribution in [2.75, 3.05) is 0 Å². The molecule has 0 radical (unpaired) electrons. The fourth-order valence-electron chi connectivity index (χ4n) is 1.24. The van der Waals surface area contributed by atoms with Crippen LogP contribution in [0.15, 0.2) is 23.1 Å². The minimum absolute atomic E-state index is 0.167. The molecular formula is C11H14ClNO4S. The molecule has 1 aromatic carbocycles. The summed E-state index contributed by atoms with van der Waals surface area (Å²) in [5, 5.41) is 5.26. The SMILES string of the molecule is CC(C)(C)OC(=O)c1cc(Cl)ccc1S(N)(=O)=O. The monoisotopic (exact) mass is 291 g/mol. The molecule has 0 amide bonds. The molecule has 2 N–H and O–H groups in total. The number of esters is 1. The zero-order valence-electron chi connectivity index (χ0n) is 10.2. The van der Waals surface area contributed by atoms with E-state index in [-0.39, 0.29) is 15.5 Å². The van der Waals surface area contributed by atoms with Gasteiger partial charge in [-0.05, 0) is 39.0 Å². The van der Waals surface area contributed by atoms with Gasteiger partial charge in [-0.15, -0.1) is 0 Å². The molecule has 100 valence electrons. The summed E-state index contributed by atoms with van der Waals surface area (Å²) < 4.78 is 27.8. The summed E-state index contributed by atoms with van der Waals surface area (Å²) in [6.07, 6.45) is 0. The summed E-state index contributed by atoms with van der Waals surface area (Å²) in [7, 11) is -4.01. The molecule has 0 bridgehead atoms. The van der Waals surface area contributed by atoms with E-state index in [2.05, 4.69) is 0 Å². The van der Waals surface area contributed by atoms with Crippen molar-refractivity contribution in [1.82, 2.24) is 0 Å². The van der Waals surface area contributed by atoms with Crippen LogP contribution in [-0.2, 0) is 14.8 Å². The summed E-state index contributed by atoms with van der Waals surface area (Å²) in [6, 6.07) is 3.74. The zero-order valence-corrected chi connectivity index (χ0v) is 11.8.